The lowest BCUT2D eigenvalue weighted by molar-refractivity contribution is -0.274. The third-order valence-electron chi connectivity index (χ3n) is 6.43. The normalized spacial score (nSPS) is 11.6. The van der Waals surface area contributed by atoms with Crippen LogP contribution < -0.4 is 4.74 Å². The summed E-state index contributed by atoms with van der Waals surface area (Å²) in [7, 11) is 0. The van der Waals surface area contributed by atoms with Crippen molar-refractivity contribution < 1.29 is 22.7 Å². The van der Waals surface area contributed by atoms with E-state index in [2.05, 4.69) is 53.8 Å². The lowest BCUT2D eigenvalue weighted by atomic mass is 9.92. The van der Waals surface area contributed by atoms with Gasteiger partial charge in [-0.25, -0.2) is 9.67 Å². The van der Waals surface area contributed by atoms with Crippen molar-refractivity contribution >= 4 is 22.9 Å². The second-order valence-corrected chi connectivity index (χ2v) is 10.6. The van der Waals surface area contributed by atoms with Gasteiger partial charge in [0, 0.05) is 29.7 Å². The molecule has 0 aliphatic carbocycles. The lowest BCUT2D eigenvalue weighted by Crippen LogP contribution is -2.17. The molecule has 4 aromatic rings. The third kappa shape index (κ3) is 8.08. The second kappa shape index (κ2) is 12.6. The van der Waals surface area contributed by atoms with Gasteiger partial charge in [0.25, 0.3) is 0 Å². The molecule has 5 nitrogen and oxygen atoms in total. The van der Waals surface area contributed by atoms with Crippen molar-refractivity contribution in [3.63, 3.8) is 0 Å². The van der Waals surface area contributed by atoms with Gasteiger partial charge in [0.15, 0.2) is 5.82 Å². The van der Waals surface area contributed by atoms with E-state index in [0.29, 0.717) is 43.1 Å². The zero-order valence-corrected chi connectivity index (χ0v) is 23.4. The highest BCUT2D eigenvalue weighted by Crippen LogP contribution is 2.25. The number of hydrogen-bond acceptors (Lipinski definition) is 5. The monoisotopic (exact) mass is 565 g/mol. The summed E-state index contributed by atoms with van der Waals surface area (Å²) in [6.07, 6.45) is -1.30. The van der Waals surface area contributed by atoms with E-state index in [0.717, 1.165) is 16.0 Å². The molecular formula is C31H30F3N3O2S. The maximum atomic E-state index is 12.6. The molecule has 9 heteroatoms. The van der Waals surface area contributed by atoms with Gasteiger partial charge < -0.3 is 4.74 Å². The number of ether oxygens (including phenoxy) is 1. The molecule has 0 saturated heterocycles. The Kier molecular flexibility index (Phi) is 9.14. The fraction of sp³-hybridized carbons (Fsp3) is 0.290. The Morgan fingerprint density at radius 2 is 1.73 bits per heavy atom. The number of Topliss-reactive ketones (excluding diaryl/α,β-unsaturated/α-hetero) is 1. The van der Waals surface area contributed by atoms with Crippen LogP contribution in [-0.4, -0.2) is 31.8 Å². The van der Waals surface area contributed by atoms with Crippen molar-refractivity contribution in [3.8, 4) is 22.8 Å². The Balaban J connectivity index is 1.30. The number of rotatable bonds is 11. The molecule has 0 atom stereocenters. The first kappa shape index (κ1) is 29.1. The fourth-order valence-electron chi connectivity index (χ4n) is 4.46. The summed E-state index contributed by atoms with van der Waals surface area (Å²) in [5.41, 5.74) is 6.01. The summed E-state index contributed by atoms with van der Waals surface area (Å²) >= 11 is 5.58. The number of thiocarbonyl (C=S) groups is 1. The summed E-state index contributed by atoms with van der Waals surface area (Å²) in [6.45, 7) is 6.38. The van der Waals surface area contributed by atoms with E-state index in [-0.39, 0.29) is 11.5 Å². The minimum Gasteiger partial charge on any atom is -0.406 e. The molecule has 0 unspecified atom stereocenters. The van der Waals surface area contributed by atoms with Gasteiger partial charge in [0.2, 0.25) is 0 Å². The van der Waals surface area contributed by atoms with E-state index in [4.69, 9.17) is 12.2 Å². The van der Waals surface area contributed by atoms with Gasteiger partial charge in [-0.15, -0.1) is 18.3 Å². The molecule has 0 radical (unpaired) electrons. The first-order valence-electron chi connectivity index (χ1n) is 13.0. The number of aromatic nitrogens is 3. The molecule has 1 heterocycles. The number of aryl methyl sites for hydroxylation is 2. The molecule has 4 rings (SSSR count). The Bertz CT molecular complexity index is 1480. The van der Waals surface area contributed by atoms with E-state index in [1.807, 2.05) is 24.3 Å². The third-order valence-corrected chi connectivity index (χ3v) is 6.72. The fourth-order valence-corrected chi connectivity index (χ4v) is 4.78. The van der Waals surface area contributed by atoms with Crippen LogP contribution in [0, 0.1) is 6.92 Å². The molecule has 0 aliphatic heterocycles. The molecular weight excluding hydrogens is 535 g/mol. The maximum absolute atomic E-state index is 12.6. The maximum Gasteiger partial charge on any atom is 0.573 e. The van der Waals surface area contributed by atoms with Gasteiger partial charge in [-0.2, -0.15) is 0 Å². The van der Waals surface area contributed by atoms with Crippen LogP contribution in [-0.2, 0) is 17.6 Å². The van der Waals surface area contributed by atoms with Crippen molar-refractivity contribution in [1.29, 1.82) is 0 Å². The average Bonchev–Trinajstić information content (AvgIpc) is 3.37. The van der Waals surface area contributed by atoms with Crippen molar-refractivity contribution in [2.45, 2.75) is 58.7 Å². The molecule has 3 aromatic carbocycles. The highest BCUT2D eigenvalue weighted by atomic mass is 32.1. The minimum atomic E-state index is -4.74. The Morgan fingerprint density at radius 3 is 2.38 bits per heavy atom. The van der Waals surface area contributed by atoms with E-state index in [1.165, 1.54) is 52.0 Å². The highest BCUT2D eigenvalue weighted by Gasteiger charge is 2.31. The number of ketones is 1. The average molecular weight is 566 g/mol. The quantitative estimate of drug-likeness (QED) is 0.174. The van der Waals surface area contributed by atoms with E-state index < -0.39 is 6.36 Å². The predicted molar refractivity (Wildman–Crippen MR) is 153 cm³/mol. The van der Waals surface area contributed by atoms with Gasteiger partial charge in [-0.3, -0.25) is 4.79 Å². The summed E-state index contributed by atoms with van der Waals surface area (Å²) in [6, 6.07) is 19.4. The van der Waals surface area contributed by atoms with Crippen molar-refractivity contribution in [2.75, 3.05) is 0 Å². The SMILES string of the molecule is Cc1ccc(C(C)C)c(CC(=S)CC(=O)CCc2ccc(-c3ncn(-c4ccc(OC(F)(F)F)cc4)n3)cc2)c1. The summed E-state index contributed by atoms with van der Waals surface area (Å²) in [4.78, 5) is 17.7. The topological polar surface area (TPSA) is 57.0 Å². The lowest BCUT2D eigenvalue weighted by Gasteiger charge is -2.14. The molecule has 0 fully saturated rings. The van der Waals surface area contributed by atoms with Crippen molar-refractivity contribution in [2.24, 2.45) is 0 Å². The number of carbonyl (C=O) groups excluding carboxylic acids is 1. The smallest absolute Gasteiger partial charge is 0.406 e. The van der Waals surface area contributed by atoms with Crippen molar-refractivity contribution in [3.05, 3.63) is 95.3 Å². The van der Waals surface area contributed by atoms with Crippen LogP contribution in [0.1, 0.15) is 54.9 Å². The van der Waals surface area contributed by atoms with Crippen LogP contribution in [0.2, 0.25) is 0 Å². The Morgan fingerprint density at radius 1 is 1.02 bits per heavy atom. The second-order valence-electron chi connectivity index (χ2n) is 10.0. The highest BCUT2D eigenvalue weighted by molar-refractivity contribution is 7.80. The number of hydrogen-bond donors (Lipinski definition) is 0. The van der Waals surface area contributed by atoms with Crippen molar-refractivity contribution in [1.82, 2.24) is 14.8 Å². The van der Waals surface area contributed by atoms with Gasteiger partial charge in [-0.05, 0) is 60.2 Å². The number of halogens is 3. The molecule has 0 N–H and O–H groups in total. The van der Waals surface area contributed by atoms with Crippen LogP contribution in [0.4, 0.5) is 13.2 Å². The van der Waals surface area contributed by atoms with E-state index >= 15 is 0 Å². The number of benzene rings is 3. The molecule has 0 amide bonds. The van der Waals surface area contributed by atoms with Crippen LogP contribution in [0.5, 0.6) is 5.75 Å². The predicted octanol–water partition coefficient (Wildman–Crippen LogP) is 7.77. The van der Waals surface area contributed by atoms with Crippen LogP contribution >= 0.6 is 12.2 Å². The van der Waals surface area contributed by atoms with Crippen LogP contribution in [0.25, 0.3) is 17.1 Å². The Labute approximate surface area is 237 Å². The largest absolute Gasteiger partial charge is 0.573 e. The van der Waals surface area contributed by atoms with Gasteiger partial charge in [0.05, 0.1) is 5.69 Å². The molecule has 0 spiro atoms. The van der Waals surface area contributed by atoms with Gasteiger partial charge >= 0.3 is 6.36 Å². The minimum absolute atomic E-state index is 0.125. The molecule has 40 heavy (non-hydrogen) atoms. The van der Waals surface area contributed by atoms with Gasteiger partial charge in [0.1, 0.15) is 17.9 Å². The molecule has 0 bridgehead atoms. The molecule has 0 saturated carbocycles. The number of carbonyl (C=O) groups is 1. The zero-order chi connectivity index (χ0) is 28.9. The van der Waals surface area contributed by atoms with E-state index in [1.54, 1.807) is 0 Å². The zero-order valence-electron chi connectivity index (χ0n) is 22.5. The summed E-state index contributed by atoms with van der Waals surface area (Å²) in [5, 5.41) is 4.42. The first-order chi connectivity index (χ1) is 19.0. The van der Waals surface area contributed by atoms with Crippen LogP contribution in [0.3, 0.4) is 0 Å². The summed E-state index contributed by atoms with van der Waals surface area (Å²) < 4.78 is 42.5. The van der Waals surface area contributed by atoms with Gasteiger partial charge in [-0.1, -0.05) is 74.1 Å². The summed E-state index contributed by atoms with van der Waals surface area (Å²) in [5.74, 6) is 0.689. The number of alkyl halides is 3. The van der Waals surface area contributed by atoms with E-state index in [9.17, 15) is 18.0 Å². The Hall–Kier alpha value is -3.85. The first-order valence-corrected chi connectivity index (χ1v) is 13.4. The molecule has 0 aliphatic rings. The standard InChI is InChI=1S/C31H30F3N3O2S/c1-20(2)29-15-4-21(3)16-24(29)17-28(40)18-26(38)12-7-22-5-8-23(9-6-22)30-35-19-37(36-30)25-10-13-27(14-11-25)39-31(32,33)34/h4-6,8-11,13-16,19-20H,7,12,17-18H2,1-3H3. The molecule has 208 valence electrons. The molecule has 1 aromatic heterocycles. The van der Waals surface area contributed by atoms with Crippen LogP contribution in [0.15, 0.2) is 73.1 Å². The number of nitrogens with zero attached hydrogens (tertiary/aromatic N) is 3.